The van der Waals surface area contributed by atoms with Gasteiger partial charge in [-0.15, -0.1) is 0 Å². The number of ether oxygens (including phenoxy) is 2. The van der Waals surface area contributed by atoms with Crippen LogP contribution >= 0.6 is 0 Å². The van der Waals surface area contributed by atoms with Crippen molar-refractivity contribution in [2.24, 2.45) is 5.92 Å². The van der Waals surface area contributed by atoms with Gasteiger partial charge in [0.2, 0.25) is 5.91 Å². The van der Waals surface area contributed by atoms with Gasteiger partial charge in [0, 0.05) is 18.0 Å². The van der Waals surface area contributed by atoms with Crippen molar-refractivity contribution < 1.29 is 29.0 Å². The third-order valence-electron chi connectivity index (χ3n) is 6.62. The highest BCUT2D eigenvalue weighted by Crippen LogP contribution is 2.44. The lowest BCUT2D eigenvalue weighted by Gasteiger charge is -2.36. The number of carboxylic acids is 1. The van der Waals surface area contributed by atoms with Crippen LogP contribution < -0.4 is 5.32 Å². The molecule has 0 spiro atoms. The van der Waals surface area contributed by atoms with Gasteiger partial charge >= 0.3 is 12.1 Å². The third-order valence-corrected chi connectivity index (χ3v) is 6.62. The van der Waals surface area contributed by atoms with Gasteiger partial charge in [-0.25, -0.2) is 4.79 Å². The number of hydrogen-bond donors (Lipinski definition) is 2. The van der Waals surface area contributed by atoms with Crippen molar-refractivity contribution in [1.29, 1.82) is 0 Å². The van der Waals surface area contributed by atoms with Gasteiger partial charge in [0.25, 0.3) is 0 Å². The molecule has 0 bridgehead atoms. The summed E-state index contributed by atoms with van der Waals surface area (Å²) in [6, 6.07) is 16.3. The molecule has 8 heteroatoms. The molecule has 2 aromatic rings. The van der Waals surface area contributed by atoms with E-state index in [1.165, 1.54) is 16.0 Å². The van der Waals surface area contributed by atoms with E-state index in [0.717, 1.165) is 11.1 Å². The van der Waals surface area contributed by atoms with Crippen molar-refractivity contribution in [2.45, 2.75) is 44.8 Å². The lowest BCUT2D eigenvalue weighted by Crippen LogP contribution is -2.50. The maximum Gasteiger partial charge on any atom is 0.407 e. The number of rotatable bonds is 7. The summed E-state index contributed by atoms with van der Waals surface area (Å²) >= 11 is 0. The molecule has 2 unspecified atom stereocenters. The van der Waals surface area contributed by atoms with Crippen LogP contribution in [-0.2, 0) is 19.1 Å². The van der Waals surface area contributed by atoms with Gasteiger partial charge in [-0.3, -0.25) is 9.59 Å². The number of fused-ring (bicyclic) bond motifs is 3. The van der Waals surface area contributed by atoms with E-state index in [1.807, 2.05) is 24.3 Å². The zero-order valence-corrected chi connectivity index (χ0v) is 20.3. The number of alkyl carbamates (subject to hydrolysis) is 1. The van der Waals surface area contributed by atoms with Crippen LogP contribution in [0.25, 0.3) is 11.1 Å². The van der Waals surface area contributed by atoms with E-state index in [2.05, 4.69) is 29.6 Å². The van der Waals surface area contributed by atoms with Gasteiger partial charge in [0.15, 0.2) is 0 Å². The van der Waals surface area contributed by atoms with Gasteiger partial charge in [0.05, 0.1) is 18.6 Å². The van der Waals surface area contributed by atoms with Crippen LogP contribution in [-0.4, -0.2) is 65.9 Å². The van der Waals surface area contributed by atoms with Crippen molar-refractivity contribution in [3.8, 4) is 11.1 Å². The van der Waals surface area contributed by atoms with E-state index in [0.29, 0.717) is 6.42 Å². The van der Waals surface area contributed by atoms with Crippen LogP contribution in [0.4, 0.5) is 4.79 Å². The Hall–Kier alpha value is -3.39. The van der Waals surface area contributed by atoms with E-state index in [-0.39, 0.29) is 44.2 Å². The lowest BCUT2D eigenvalue weighted by atomic mass is 9.98. The highest BCUT2D eigenvalue weighted by molar-refractivity contribution is 5.84. The van der Waals surface area contributed by atoms with E-state index in [4.69, 9.17) is 9.47 Å². The fraction of sp³-hybridized carbons (Fsp3) is 0.444. The summed E-state index contributed by atoms with van der Waals surface area (Å²) in [7, 11) is 0. The molecule has 0 radical (unpaired) electrons. The highest BCUT2D eigenvalue weighted by atomic mass is 16.5. The number of amides is 2. The van der Waals surface area contributed by atoms with Crippen LogP contribution in [0.15, 0.2) is 48.5 Å². The first kappa shape index (κ1) is 24.7. The van der Waals surface area contributed by atoms with Crippen LogP contribution in [0.2, 0.25) is 0 Å². The lowest BCUT2D eigenvalue weighted by molar-refractivity contribution is -0.150. The van der Waals surface area contributed by atoms with Crippen molar-refractivity contribution in [2.75, 3.05) is 26.3 Å². The number of benzene rings is 2. The molecule has 2 N–H and O–H groups in total. The van der Waals surface area contributed by atoms with Crippen molar-refractivity contribution in [3.05, 3.63) is 59.7 Å². The molecule has 2 atom stereocenters. The smallest absolute Gasteiger partial charge is 0.407 e. The van der Waals surface area contributed by atoms with Crippen LogP contribution in [0, 0.1) is 5.92 Å². The summed E-state index contributed by atoms with van der Waals surface area (Å²) in [4.78, 5) is 38.0. The number of carbonyl (C=O) groups is 3. The monoisotopic (exact) mass is 480 g/mol. The second-order valence-corrected chi connectivity index (χ2v) is 10.1. The zero-order valence-electron chi connectivity index (χ0n) is 20.3. The number of hydrogen-bond acceptors (Lipinski definition) is 5. The molecule has 8 nitrogen and oxygen atoms in total. The average molecular weight is 481 g/mol. The van der Waals surface area contributed by atoms with E-state index < -0.39 is 23.5 Å². The first-order valence-electron chi connectivity index (χ1n) is 11.9. The zero-order chi connectivity index (χ0) is 25.2. The quantitative estimate of drug-likeness (QED) is 0.627. The molecule has 186 valence electrons. The Bertz CT molecular complexity index is 1060. The number of aliphatic carboxylic acids is 1. The summed E-state index contributed by atoms with van der Waals surface area (Å²) in [6.45, 7) is 5.69. The minimum Gasteiger partial charge on any atom is -0.480 e. The molecule has 0 aromatic heterocycles. The van der Waals surface area contributed by atoms with Crippen molar-refractivity contribution >= 4 is 18.0 Å². The second-order valence-electron chi connectivity index (χ2n) is 10.1. The SMILES string of the molecule is CC(C)(C)N(CC(=O)O)C(=O)C1COC(CNC(=O)OCC2c3ccccc3-c3ccccc32)C1. The number of nitrogens with zero attached hydrogens (tertiary/aromatic N) is 1. The predicted octanol–water partition coefficient (Wildman–Crippen LogP) is 3.64. The normalized spacial score (nSPS) is 19.1. The number of carboxylic acid groups (broad SMARTS) is 1. The predicted molar refractivity (Wildman–Crippen MR) is 130 cm³/mol. The maximum atomic E-state index is 12.9. The fourth-order valence-electron chi connectivity index (χ4n) is 4.87. The van der Waals surface area contributed by atoms with Gasteiger partial charge in [-0.2, -0.15) is 0 Å². The summed E-state index contributed by atoms with van der Waals surface area (Å²) in [5, 5.41) is 11.9. The van der Waals surface area contributed by atoms with E-state index >= 15 is 0 Å². The second kappa shape index (κ2) is 10.1. The molecule has 35 heavy (non-hydrogen) atoms. The minimum atomic E-state index is -1.05. The topological polar surface area (TPSA) is 105 Å². The molecule has 1 saturated heterocycles. The summed E-state index contributed by atoms with van der Waals surface area (Å²) in [5.74, 6) is -1.76. The Balaban J connectivity index is 1.28. The molecular formula is C27H32N2O6. The molecule has 1 aliphatic carbocycles. The minimum absolute atomic E-state index is 0.0181. The Morgan fingerprint density at radius 1 is 1.06 bits per heavy atom. The molecular weight excluding hydrogens is 448 g/mol. The summed E-state index contributed by atoms with van der Waals surface area (Å²) in [5.41, 5.74) is 4.00. The van der Waals surface area contributed by atoms with Gasteiger partial charge in [0.1, 0.15) is 13.2 Å². The molecule has 0 saturated carbocycles. The van der Waals surface area contributed by atoms with E-state index in [1.54, 1.807) is 20.8 Å². The first-order valence-corrected chi connectivity index (χ1v) is 11.9. The van der Waals surface area contributed by atoms with Crippen molar-refractivity contribution in [3.63, 3.8) is 0 Å². The third kappa shape index (κ3) is 5.48. The number of nitrogens with one attached hydrogen (secondary N) is 1. The molecule has 1 fully saturated rings. The Morgan fingerprint density at radius 3 is 2.23 bits per heavy atom. The van der Waals surface area contributed by atoms with Crippen LogP contribution in [0.5, 0.6) is 0 Å². The molecule has 1 heterocycles. The molecule has 2 aliphatic rings. The van der Waals surface area contributed by atoms with Crippen LogP contribution in [0.1, 0.15) is 44.2 Å². The van der Waals surface area contributed by atoms with Gasteiger partial charge in [-0.1, -0.05) is 48.5 Å². The fourth-order valence-corrected chi connectivity index (χ4v) is 4.87. The first-order chi connectivity index (χ1) is 16.6. The molecule has 2 aromatic carbocycles. The van der Waals surface area contributed by atoms with Gasteiger partial charge in [-0.05, 0) is 49.4 Å². The van der Waals surface area contributed by atoms with Gasteiger partial charge < -0.3 is 24.8 Å². The van der Waals surface area contributed by atoms with Crippen LogP contribution in [0.3, 0.4) is 0 Å². The molecule has 2 amide bonds. The highest BCUT2D eigenvalue weighted by Gasteiger charge is 2.38. The average Bonchev–Trinajstić information content (AvgIpc) is 3.42. The largest absolute Gasteiger partial charge is 0.480 e. The molecule has 4 rings (SSSR count). The summed E-state index contributed by atoms with van der Waals surface area (Å²) in [6.07, 6.45) is -0.460. The Kier molecular flexibility index (Phi) is 7.12. The molecule has 1 aliphatic heterocycles. The summed E-state index contributed by atoms with van der Waals surface area (Å²) < 4.78 is 11.3. The van der Waals surface area contributed by atoms with E-state index in [9.17, 15) is 19.5 Å². The maximum absolute atomic E-state index is 12.9. The van der Waals surface area contributed by atoms with Crippen molar-refractivity contribution in [1.82, 2.24) is 10.2 Å². The number of carbonyl (C=O) groups excluding carboxylic acids is 2. The Morgan fingerprint density at radius 2 is 1.66 bits per heavy atom. The Labute approximate surface area is 205 Å². The standard InChI is InChI=1S/C27H32N2O6/c1-27(2,3)29(14-24(30)31)25(32)17-12-18(34-15-17)13-28-26(33)35-16-23-21-10-6-4-8-19(21)20-9-5-7-11-22(20)23/h4-11,17-18,23H,12-16H2,1-3H3,(H,28,33)(H,30,31).